The van der Waals surface area contributed by atoms with E-state index in [4.69, 9.17) is 20.6 Å². The molecule has 0 aliphatic heterocycles. The van der Waals surface area contributed by atoms with Crippen molar-refractivity contribution in [3.8, 4) is 5.88 Å². The van der Waals surface area contributed by atoms with Crippen LogP contribution in [0.2, 0.25) is 0 Å². The molecule has 0 unspecified atom stereocenters. The van der Waals surface area contributed by atoms with Gasteiger partial charge in [0, 0.05) is 12.8 Å². The maximum Gasteiger partial charge on any atom is 0.224 e. The van der Waals surface area contributed by atoms with E-state index in [1.165, 1.54) is 0 Å². The van der Waals surface area contributed by atoms with E-state index in [-0.39, 0.29) is 5.84 Å². The fourth-order valence-corrected chi connectivity index (χ4v) is 1.31. The number of nitrogens with zero attached hydrogens (tertiary/aromatic N) is 1. The van der Waals surface area contributed by atoms with Crippen LogP contribution < -0.4 is 10.5 Å². The molecule has 5 nitrogen and oxygen atoms in total. The van der Waals surface area contributed by atoms with E-state index >= 15 is 0 Å². The molecule has 0 fully saturated rings. The highest BCUT2D eigenvalue weighted by molar-refractivity contribution is 5.98. The van der Waals surface area contributed by atoms with E-state index in [9.17, 15) is 0 Å². The van der Waals surface area contributed by atoms with Crippen molar-refractivity contribution < 1.29 is 9.47 Å². The minimum absolute atomic E-state index is 0.0305. The minimum atomic E-state index is -0.0305. The number of nitrogen functional groups attached to an aromatic ring is 1. The van der Waals surface area contributed by atoms with Gasteiger partial charge in [0.05, 0.1) is 12.2 Å². The van der Waals surface area contributed by atoms with Gasteiger partial charge in [0.25, 0.3) is 0 Å². The first kappa shape index (κ1) is 12.4. The number of pyridine rings is 1. The number of ether oxygens (including phenoxy) is 2. The molecule has 0 bridgehead atoms. The molecule has 5 heteroatoms. The van der Waals surface area contributed by atoms with Gasteiger partial charge in [-0.2, -0.15) is 0 Å². The average molecular weight is 223 g/mol. The zero-order valence-electron chi connectivity index (χ0n) is 9.62. The summed E-state index contributed by atoms with van der Waals surface area (Å²) in [5.74, 6) is 0.365. The normalized spacial score (nSPS) is 10.1. The molecule has 0 atom stereocenters. The van der Waals surface area contributed by atoms with Gasteiger partial charge in [-0.15, -0.1) is 0 Å². The molecule has 1 aromatic rings. The lowest BCUT2D eigenvalue weighted by Crippen LogP contribution is -2.17. The second-order valence-electron chi connectivity index (χ2n) is 3.27. The first-order valence-electron chi connectivity index (χ1n) is 5.17. The third kappa shape index (κ3) is 3.20. The summed E-state index contributed by atoms with van der Waals surface area (Å²) >= 11 is 0. The monoisotopic (exact) mass is 223 g/mol. The molecule has 1 rings (SSSR count). The van der Waals surface area contributed by atoms with E-state index in [0.717, 1.165) is 5.56 Å². The highest BCUT2D eigenvalue weighted by Gasteiger charge is 2.10. The summed E-state index contributed by atoms with van der Waals surface area (Å²) in [7, 11) is 0. The van der Waals surface area contributed by atoms with E-state index in [2.05, 4.69) is 4.98 Å². The molecule has 16 heavy (non-hydrogen) atoms. The van der Waals surface area contributed by atoms with E-state index in [1.807, 2.05) is 13.8 Å². The maximum absolute atomic E-state index is 7.46. The number of nitrogens with two attached hydrogens (primary N) is 1. The summed E-state index contributed by atoms with van der Waals surface area (Å²) in [6.45, 7) is 5.36. The smallest absolute Gasteiger partial charge is 0.224 e. The number of hydrogen-bond acceptors (Lipinski definition) is 4. The second kappa shape index (κ2) is 6.07. The number of aryl methyl sites for hydroxylation is 1. The molecule has 0 spiro atoms. The van der Waals surface area contributed by atoms with Crippen molar-refractivity contribution >= 4 is 5.84 Å². The molecule has 1 heterocycles. The van der Waals surface area contributed by atoms with Gasteiger partial charge in [0.1, 0.15) is 12.4 Å². The maximum atomic E-state index is 7.46. The van der Waals surface area contributed by atoms with Crippen molar-refractivity contribution in [2.75, 3.05) is 19.8 Å². The van der Waals surface area contributed by atoms with Gasteiger partial charge in [-0.05, 0) is 25.5 Å². The minimum Gasteiger partial charge on any atom is -0.475 e. The second-order valence-corrected chi connectivity index (χ2v) is 3.27. The van der Waals surface area contributed by atoms with Crippen LogP contribution in [-0.2, 0) is 4.74 Å². The highest BCUT2D eigenvalue weighted by Crippen LogP contribution is 2.17. The van der Waals surface area contributed by atoms with Gasteiger partial charge < -0.3 is 15.2 Å². The lowest BCUT2D eigenvalue weighted by molar-refractivity contribution is 0.108. The number of aromatic nitrogens is 1. The third-order valence-corrected chi connectivity index (χ3v) is 2.06. The lowest BCUT2D eigenvalue weighted by Gasteiger charge is -2.11. The Labute approximate surface area is 95.1 Å². The van der Waals surface area contributed by atoms with Crippen molar-refractivity contribution in [1.82, 2.24) is 4.98 Å². The zero-order valence-corrected chi connectivity index (χ0v) is 9.62. The topological polar surface area (TPSA) is 81.2 Å². The van der Waals surface area contributed by atoms with Crippen molar-refractivity contribution in [1.29, 1.82) is 5.41 Å². The Bertz CT molecular complexity index is 366. The Morgan fingerprint density at radius 3 is 2.88 bits per heavy atom. The van der Waals surface area contributed by atoms with E-state index < -0.39 is 0 Å². The predicted octanol–water partition coefficient (Wildman–Crippen LogP) is 1.09. The molecule has 3 N–H and O–H groups in total. The van der Waals surface area contributed by atoms with Crippen LogP contribution >= 0.6 is 0 Å². The number of amidine groups is 1. The first-order chi connectivity index (χ1) is 7.66. The largest absolute Gasteiger partial charge is 0.475 e. The molecule has 0 radical (unpaired) electrons. The van der Waals surface area contributed by atoms with Gasteiger partial charge in [-0.3, -0.25) is 5.41 Å². The quantitative estimate of drug-likeness (QED) is 0.429. The van der Waals surface area contributed by atoms with Crippen molar-refractivity contribution in [3.63, 3.8) is 0 Å². The van der Waals surface area contributed by atoms with Crippen LogP contribution in [0.3, 0.4) is 0 Å². The molecule has 0 amide bonds. The molecule has 0 aliphatic rings. The fourth-order valence-electron chi connectivity index (χ4n) is 1.31. The Morgan fingerprint density at radius 1 is 1.50 bits per heavy atom. The van der Waals surface area contributed by atoms with Gasteiger partial charge >= 0.3 is 0 Å². The molecule has 0 saturated heterocycles. The van der Waals surface area contributed by atoms with Gasteiger partial charge in [-0.1, -0.05) is 0 Å². The fraction of sp³-hybridized carbons (Fsp3) is 0.455. The summed E-state index contributed by atoms with van der Waals surface area (Å²) in [5.41, 5.74) is 6.92. The number of rotatable bonds is 6. The zero-order chi connectivity index (χ0) is 12.0. The molecule has 0 aromatic carbocycles. The van der Waals surface area contributed by atoms with Crippen molar-refractivity contribution in [2.45, 2.75) is 13.8 Å². The van der Waals surface area contributed by atoms with Gasteiger partial charge in [0.15, 0.2) is 0 Å². The molecule has 0 saturated carbocycles. The van der Waals surface area contributed by atoms with Crippen molar-refractivity contribution in [3.05, 3.63) is 23.4 Å². The van der Waals surface area contributed by atoms with Gasteiger partial charge in [-0.25, -0.2) is 4.98 Å². The predicted molar refractivity (Wildman–Crippen MR) is 62.0 cm³/mol. The van der Waals surface area contributed by atoms with Crippen LogP contribution in [0.5, 0.6) is 5.88 Å². The summed E-state index contributed by atoms with van der Waals surface area (Å²) in [6, 6.07) is 1.80. The number of hydrogen-bond donors (Lipinski definition) is 2. The Hall–Kier alpha value is -1.62. The van der Waals surface area contributed by atoms with E-state index in [0.29, 0.717) is 31.3 Å². The van der Waals surface area contributed by atoms with Crippen LogP contribution in [0.15, 0.2) is 12.3 Å². The van der Waals surface area contributed by atoms with Crippen LogP contribution in [0.25, 0.3) is 0 Å². The van der Waals surface area contributed by atoms with Crippen LogP contribution in [0.1, 0.15) is 18.1 Å². The first-order valence-corrected chi connectivity index (χ1v) is 5.17. The van der Waals surface area contributed by atoms with Crippen LogP contribution in [0, 0.1) is 12.3 Å². The SMILES string of the molecule is CCOCCOc1nccc(C)c1C(=N)N. The molecular weight excluding hydrogens is 206 g/mol. The summed E-state index contributed by atoms with van der Waals surface area (Å²) < 4.78 is 10.6. The Balaban J connectivity index is 2.71. The number of nitrogens with one attached hydrogen (secondary N) is 1. The van der Waals surface area contributed by atoms with E-state index in [1.54, 1.807) is 12.3 Å². The average Bonchev–Trinajstić information content (AvgIpc) is 2.24. The highest BCUT2D eigenvalue weighted by atomic mass is 16.5. The standard InChI is InChI=1S/C11H17N3O2/c1-3-15-6-7-16-11-9(10(12)13)8(2)4-5-14-11/h4-5H,3,6-7H2,1-2H3,(H3,12,13). The summed E-state index contributed by atoms with van der Waals surface area (Å²) in [5, 5.41) is 7.46. The van der Waals surface area contributed by atoms with Crippen LogP contribution in [-0.4, -0.2) is 30.6 Å². The summed E-state index contributed by atoms with van der Waals surface area (Å²) in [6.07, 6.45) is 1.64. The van der Waals surface area contributed by atoms with Crippen LogP contribution in [0.4, 0.5) is 0 Å². The van der Waals surface area contributed by atoms with Crippen molar-refractivity contribution in [2.24, 2.45) is 5.73 Å². The molecule has 0 aliphatic carbocycles. The third-order valence-electron chi connectivity index (χ3n) is 2.06. The Morgan fingerprint density at radius 2 is 2.25 bits per heavy atom. The lowest BCUT2D eigenvalue weighted by atomic mass is 10.1. The Kier molecular flexibility index (Phi) is 4.72. The van der Waals surface area contributed by atoms with Gasteiger partial charge in [0.2, 0.25) is 5.88 Å². The molecule has 1 aromatic heterocycles. The summed E-state index contributed by atoms with van der Waals surface area (Å²) in [4.78, 5) is 4.06. The molecular formula is C11H17N3O2. The molecule has 88 valence electrons.